The van der Waals surface area contributed by atoms with Crippen LogP contribution in [0, 0.1) is 3.57 Å². The van der Waals surface area contributed by atoms with Crippen LogP contribution in [0.25, 0.3) is 10.9 Å². The summed E-state index contributed by atoms with van der Waals surface area (Å²) >= 11 is 2.39. The van der Waals surface area contributed by atoms with Crippen molar-refractivity contribution in [2.75, 3.05) is 0 Å². The van der Waals surface area contributed by atoms with Gasteiger partial charge in [0, 0.05) is 26.1 Å². The van der Waals surface area contributed by atoms with E-state index in [1.165, 1.54) is 51.3 Å². The van der Waals surface area contributed by atoms with Gasteiger partial charge in [-0.25, -0.2) is 0 Å². The number of H-pyrrole nitrogens is 1. The fourth-order valence-corrected chi connectivity index (χ4v) is 4.29. The van der Waals surface area contributed by atoms with Crippen LogP contribution in [0.3, 0.4) is 0 Å². The van der Waals surface area contributed by atoms with Crippen molar-refractivity contribution in [1.82, 2.24) is 4.98 Å². The molecule has 1 nitrogen and oxygen atoms in total. The van der Waals surface area contributed by atoms with E-state index in [1.807, 2.05) is 0 Å². The maximum Gasteiger partial charge on any atom is 0.0457 e. The van der Waals surface area contributed by atoms with Crippen LogP contribution in [0.2, 0.25) is 0 Å². The number of aromatic nitrogens is 1. The molecule has 1 N–H and O–H groups in total. The lowest BCUT2D eigenvalue weighted by Crippen LogP contribution is -2.23. The summed E-state index contributed by atoms with van der Waals surface area (Å²) < 4.78 is 1.31. The van der Waals surface area contributed by atoms with E-state index in [2.05, 4.69) is 82.3 Å². The van der Waals surface area contributed by atoms with E-state index in [0.29, 0.717) is 0 Å². The molecule has 1 aliphatic rings. The molecule has 0 radical (unpaired) electrons. The lowest BCUT2D eigenvalue weighted by Gasteiger charge is -2.30. The molecule has 106 valence electrons. The molecule has 0 bridgehead atoms. The largest absolute Gasteiger partial charge is 0.361 e. The first-order valence-electron chi connectivity index (χ1n) is 7.62. The SMILES string of the molecule is Ic1ccc(C2(c3c[nH]c4ccccc34)CCCC2)cc1. The molecular weight excluding hydrogens is 369 g/mol. The summed E-state index contributed by atoms with van der Waals surface area (Å²) in [6, 6.07) is 17.8. The van der Waals surface area contributed by atoms with Gasteiger partial charge in [-0.2, -0.15) is 0 Å². The second-order valence-corrected chi connectivity index (χ2v) is 7.29. The highest BCUT2D eigenvalue weighted by atomic mass is 127. The average molecular weight is 387 g/mol. The molecule has 21 heavy (non-hydrogen) atoms. The monoisotopic (exact) mass is 387 g/mol. The third-order valence-electron chi connectivity index (χ3n) is 4.96. The molecule has 3 aromatic rings. The highest BCUT2D eigenvalue weighted by Crippen LogP contribution is 2.48. The molecule has 1 aromatic heterocycles. The minimum atomic E-state index is 0.198. The Hall–Kier alpha value is -1.29. The first-order valence-corrected chi connectivity index (χ1v) is 8.70. The van der Waals surface area contributed by atoms with E-state index in [4.69, 9.17) is 0 Å². The van der Waals surface area contributed by atoms with Crippen LogP contribution in [0.15, 0.2) is 54.7 Å². The van der Waals surface area contributed by atoms with E-state index in [0.717, 1.165) is 0 Å². The first-order chi connectivity index (χ1) is 10.3. The van der Waals surface area contributed by atoms with Crippen LogP contribution in [0.5, 0.6) is 0 Å². The number of fused-ring (bicyclic) bond motifs is 1. The van der Waals surface area contributed by atoms with Gasteiger partial charge in [-0.05, 0) is 64.8 Å². The summed E-state index contributed by atoms with van der Waals surface area (Å²) in [5, 5.41) is 1.39. The molecule has 1 aliphatic carbocycles. The first kappa shape index (κ1) is 13.4. The maximum absolute atomic E-state index is 3.47. The Bertz CT molecular complexity index is 764. The summed E-state index contributed by atoms with van der Waals surface area (Å²) in [6.07, 6.45) is 7.41. The minimum absolute atomic E-state index is 0.198. The van der Waals surface area contributed by atoms with Crippen molar-refractivity contribution >= 4 is 33.5 Å². The van der Waals surface area contributed by atoms with Crippen LogP contribution in [0.1, 0.15) is 36.8 Å². The summed E-state index contributed by atoms with van der Waals surface area (Å²) in [7, 11) is 0. The lowest BCUT2D eigenvalue weighted by atomic mass is 9.73. The van der Waals surface area contributed by atoms with Gasteiger partial charge in [-0.3, -0.25) is 0 Å². The van der Waals surface area contributed by atoms with E-state index in [-0.39, 0.29) is 5.41 Å². The van der Waals surface area contributed by atoms with Gasteiger partial charge in [0.15, 0.2) is 0 Å². The van der Waals surface area contributed by atoms with Crippen LogP contribution in [-0.2, 0) is 5.41 Å². The molecular formula is C19H18IN. The van der Waals surface area contributed by atoms with Crippen molar-refractivity contribution in [3.05, 3.63) is 69.4 Å². The summed E-state index contributed by atoms with van der Waals surface area (Å²) in [5.41, 5.74) is 4.41. The zero-order chi connectivity index (χ0) is 14.3. The van der Waals surface area contributed by atoms with Crippen molar-refractivity contribution in [3.63, 3.8) is 0 Å². The molecule has 1 fully saturated rings. The third kappa shape index (κ3) is 2.11. The number of nitrogens with one attached hydrogen (secondary N) is 1. The number of hydrogen-bond acceptors (Lipinski definition) is 0. The Kier molecular flexibility index (Phi) is 3.29. The zero-order valence-electron chi connectivity index (χ0n) is 11.9. The van der Waals surface area contributed by atoms with Crippen LogP contribution >= 0.6 is 22.6 Å². The van der Waals surface area contributed by atoms with Crippen LogP contribution < -0.4 is 0 Å². The van der Waals surface area contributed by atoms with Crippen molar-refractivity contribution in [2.45, 2.75) is 31.1 Å². The zero-order valence-corrected chi connectivity index (χ0v) is 14.1. The summed E-state index contributed by atoms with van der Waals surface area (Å²) in [6.45, 7) is 0. The van der Waals surface area contributed by atoms with E-state index >= 15 is 0 Å². The molecule has 0 unspecified atom stereocenters. The number of aromatic amines is 1. The smallest absolute Gasteiger partial charge is 0.0457 e. The molecule has 0 saturated heterocycles. The molecule has 0 aliphatic heterocycles. The maximum atomic E-state index is 3.47. The van der Waals surface area contributed by atoms with Crippen LogP contribution in [-0.4, -0.2) is 4.98 Å². The Morgan fingerprint density at radius 3 is 2.38 bits per heavy atom. The quantitative estimate of drug-likeness (QED) is 0.549. The number of halogens is 1. The number of benzene rings is 2. The summed E-state index contributed by atoms with van der Waals surface area (Å²) in [4.78, 5) is 3.47. The number of para-hydroxylation sites is 1. The molecule has 2 aromatic carbocycles. The van der Waals surface area contributed by atoms with Gasteiger partial charge in [-0.1, -0.05) is 43.2 Å². The van der Waals surface area contributed by atoms with Gasteiger partial charge in [0.1, 0.15) is 0 Å². The van der Waals surface area contributed by atoms with Gasteiger partial charge >= 0.3 is 0 Å². The van der Waals surface area contributed by atoms with Crippen molar-refractivity contribution in [1.29, 1.82) is 0 Å². The van der Waals surface area contributed by atoms with Gasteiger partial charge < -0.3 is 4.98 Å². The molecule has 0 amide bonds. The molecule has 4 rings (SSSR count). The normalized spacial score (nSPS) is 17.4. The molecule has 1 saturated carbocycles. The number of hydrogen-bond donors (Lipinski definition) is 1. The topological polar surface area (TPSA) is 15.8 Å². The second kappa shape index (κ2) is 5.16. The number of rotatable bonds is 2. The van der Waals surface area contributed by atoms with Crippen molar-refractivity contribution in [3.8, 4) is 0 Å². The highest BCUT2D eigenvalue weighted by Gasteiger charge is 2.38. The van der Waals surface area contributed by atoms with Gasteiger partial charge in [-0.15, -0.1) is 0 Å². The Morgan fingerprint density at radius 2 is 1.62 bits per heavy atom. The fraction of sp³-hybridized carbons (Fsp3) is 0.263. The Morgan fingerprint density at radius 1 is 0.905 bits per heavy atom. The molecule has 1 heterocycles. The van der Waals surface area contributed by atoms with Gasteiger partial charge in [0.2, 0.25) is 0 Å². The third-order valence-corrected chi connectivity index (χ3v) is 5.68. The minimum Gasteiger partial charge on any atom is -0.361 e. The van der Waals surface area contributed by atoms with Gasteiger partial charge in [0.25, 0.3) is 0 Å². The van der Waals surface area contributed by atoms with E-state index in [1.54, 1.807) is 0 Å². The van der Waals surface area contributed by atoms with Crippen LogP contribution in [0.4, 0.5) is 0 Å². The molecule has 0 spiro atoms. The van der Waals surface area contributed by atoms with E-state index < -0.39 is 0 Å². The standard InChI is InChI=1S/C19H18IN/c20-15-9-7-14(8-10-15)19(11-3-4-12-19)17-13-21-18-6-2-1-5-16(17)18/h1-2,5-10,13,21H,3-4,11-12H2. The summed E-state index contributed by atoms with van der Waals surface area (Å²) in [5.74, 6) is 0. The predicted molar refractivity (Wildman–Crippen MR) is 96.7 cm³/mol. The van der Waals surface area contributed by atoms with Crippen molar-refractivity contribution in [2.24, 2.45) is 0 Å². The fourth-order valence-electron chi connectivity index (χ4n) is 3.93. The Labute approximate surface area is 138 Å². The molecule has 2 heteroatoms. The Balaban J connectivity index is 1.93. The second-order valence-electron chi connectivity index (χ2n) is 6.04. The van der Waals surface area contributed by atoms with E-state index in [9.17, 15) is 0 Å². The lowest BCUT2D eigenvalue weighted by molar-refractivity contribution is 0.540. The molecule has 0 atom stereocenters. The predicted octanol–water partition coefficient (Wildman–Crippen LogP) is 5.63. The average Bonchev–Trinajstić information content (AvgIpc) is 3.15. The highest BCUT2D eigenvalue weighted by molar-refractivity contribution is 14.1. The van der Waals surface area contributed by atoms with Crippen molar-refractivity contribution < 1.29 is 0 Å². The van der Waals surface area contributed by atoms with Gasteiger partial charge in [0.05, 0.1) is 0 Å².